The van der Waals surface area contributed by atoms with Crippen molar-refractivity contribution >= 4 is 21.7 Å². The number of hydrogen-bond acceptors (Lipinski definition) is 5. The number of carbonyl (C=O) groups excluding carboxylic acids is 1. The second-order valence-corrected chi connectivity index (χ2v) is 10.1. The predicted molar refractivity (Wildman–Crippen MR) is 114 cm³/mol. The van der Waals surface area contributed by atoms with E-state index in [0.29, 0.717) is 31.5 Å². The first kappa shape index (κ1) is 21.4. The zero-order valence-electron chi connectivity index (χ0n) is 17.1. The molecule has 2 aromatic rings. The minimum Gasteiger partial charge on any atom is -0.309 e. The predicted octanol–water partition coefficient (Wildman–Crippen LogP) is 3.28. The van der Waals surface area contributed by atoms with Gasteiger partial charge in [-0.2, -0.15) is 0 Å². The quantitative estimate of drug-likeness (QED) is 0.753. The Hall–Kier alpha value is -2.32. The van der Waals surface area contributed by atoms with Crippen LogP contribution in [0.5, 0.6) is 0 Å². The third-order valence-electron chi connectivity index (χ3n) is 5.37. The van der Waals surface area contributed by atoms with Gasteiger partial charge in [-0.25, -0.2) is 18.1 Å². The summed E-state index contributed by atoms with van der Waals surface area (Å²) >= 11 is 0. The van der Waals surface area contributed by atoms with E-state index in [9.17, 15) is 13.2 Å². The number of nitrogens with one attached hydrogen (secondary N) is 2. The fraction of sp³-hybridized carbons (Fsp3) is 0.476. The molecule has 1 aliphatic rings. The van der Waals surface area contributed by atoms with Crippen molar-refractivity contribution < 1.29 is 13.2 Å². The number of aryl methyl sites for hydroxylation is 1. The molecule has 156 valence electrons. The first-order chi connectivity index (χ1) is 13.8. The van der Waals surface area contributed by atoms with Crippen LogP contribution in [0.4, 0.5) is 5.82 Å². The summed E-state index contributed by atoms with van der Waals surface area (Å²) in [6.45, 7) is 5.34. The molecule has 0 unspecified atom stereocenters. The fourth-order valence-electron chi connectivity index (χ4n) is 3.46. The maximum absolute atomic E-state index is 12.6. The molecule has 1 heterocycles. The number of hydrogen-bond donors (Lipinski definition) is 2. The fourth-order valence-corrected chi connectivity index (χ4v) is 4.43. The Morgan fingerprint density at radius 2 is 1.76 bits per heavy atom. The lowest BCUT2D eigenvalue weighted by atomic mass is 9.86. The molecule has 7 nitrogen and oxygen atoms in total. The number of aromatic nitrogens is 2. The van der Waals surface area contributed by atoms with Crippen molar-refractivity contribution in [2.45, 2.75) is 57.7 Å². The number of rotatable bonds is 6. The summed E-state index contributed by atoms with van der Waals surface area (Å²) in [4.78, 5) is 21.3. The Morgan fingerprint density at radius 3 is 2.34 bits per heavy atom. The van der Waals surface area contributed by atoms with E-state index in [0.717, 1.165) is 16.8 Å². The lowest BCUT2D eigenvalue weighted by Crippen LogP contribution is -2.42. The van der Waals surface area contributed by atoms with Gasteiger partial charge in [-0.05, 0) is 52.0 Å². The third kappa shape index (κ3) is 5.39. The molecular formula is C21H28N4O3S. The van der Waals surface area contributed by atoms with Crippen LogP contribution in [-0.2, 0) is 14.8 Å². The largest absolute Gasteiger partial charge is 0.309 e. The van der Waals surface area contributed by atoms with Gasteiger partial charge in [0.2, 0.25) is 15.9 Å². The molecule has 0 radical (unpaired) electrons. The van der Waals surface area contributed by atoms with Crippen LogP contribution in [0.25, 0.3) is 11.3 Å². The summed E-state index contributed by atoms with van der Waals surface area (Å²) in [5, 5.41) is 2.38. The molecular weight excluding hydrogens is 388 g/mol. The SMILES string of the molecule is Cc1ccccc1-c1cnc(NC(=O)C2CCC(NS(=O)(=O)C(C)C)CC2)cn1. The highest BCUT2D eigenvalue weighted by molar-refractivity contribution is 7.90. The molecule has 0 bridgehead atoms. The highest BCUT2D eigenvalue weighted by Crippen LogP contribution is 2.26. The molecule has 3 rings (SSSR count). The van der Waals surface area contributed by atoms with E-state index < -0.39 is 15.3 Å². The van der Waals surface area contributed by atoms with Gasteiger partial charge in [0.1, 0.15) is 0 Å². The van der Waals surface area contributed by atoms with Crippen molar-refractivity contribution in [3.63, 3.8) is 0 Å². The smallest absolute Gasteiger partial charge is 0.228 e. The van der Waals surface area contributed by atoms with E-state index in [-0.39, 0.29) is 17.9 Å². The molecule has 1 aromatic heterocycles. The second kappa shape index (κ2) is 9.00. The van der Waals surface area contributed by atoms with Crippen LogP contribution in [0.1, 0.15) is 45.1 Å². The van der Waals surface area contributed by atoms with Gasteiger partial charge in [-0.15, -0.1) is 0 Å². The Morgan fingerprint density at radius 1 is 1.07 bits per heavy atom. The Labute approximate surface area is 172 Å². The zero-order valence-corrected chi connectivity index (χ0v) is 17.9. The van der Waals surface area contributed by atoms with Gasteiger partial charge in [0.15, 0.2) is 5.82 Å². The number of sulfonamides is 1. The topological polar surface area (TPSA) is 101 Å². The summed E-state index contributed by atoms with van der Waals surface area (Å²) in [6.07, 6.45) is 5.83. The van der Waals surface area contributed by atoms with E-state index in [2.05, 4.69) is 20.0 Å². The molecule has 29 heavy (non-hydrogen) atoms. The number of amides is 1. The molecule has 0 aliphatic heterocycles. The standard InChI is InChI=1S/C21H28N4O3S/c1-14(2)29(27,28)25-17-10-8-16(9-11-17)21(26)24-20-13-22-19(12-23-20)18-7-5-4-6-15(18)3/h4-7,12-14,16-17,25H,8-11H2,1-3H3,(H,23,24,26). The first-order valence-electron chi connectivity index (χ1n) is 9.96. The highest BCUT2D eigenvalue weighted by atomic mass is 32.2. The van der Waals surface area contributed by atoms with E-state index in [1.807, 2.05) is 31.2 Å². The Balaban J connectivity index is 1.54. The first-order valence-corrected chi connectivity index (χ1v) is 11.5. The van der Waals surface area contributed by atoms with Crippen LogP contribution in [0.15, 0.2) is 36.7 Å². The van der Waals surface area contributed by atoms with Crippen molar-refractivity contribution in [3.05, 3.63) is 42.2 Å². The Bertz CT molecular complexity index is 950. The van der Waals surface area contributed by atoms with Gasteiger partial charge in [-0.1, -0.05) is 24.3 Å². The number of benzene rings is 1. The average molecular weight is 417 g/mol. The van der Waals surface area contributed by atoms with Gasteiger partial charge in [0.05, 0.1) is 23.3 Å². The van der Waals surface area contributed by atoms with E-state index in [4.69, 9.17) is 0 Å². The molecule has 1 saturated carbocycles. The summed E-state index contributed by atoms with van der Waals surface area (Å²) in [5.41, 5.74) is 2.89. The van der Waals surface area contributed by atoms with Gasteiger partial charge >= 0.3 is 0 Å². The van der Waals surface area contributed by atoms with Crippen molar-refractivity contribution in [2.24, 2.45) is 5.92 Å². The van der Waals surface area contributed by atoms with Crippen LogP contribution in [0, 0.1) is 12.8 Å². The van der Waals surface area contributed by atoms with Crippen LogP contribution >= 0.6 is 0 Å². The van der Waals surface area contributed by atoms with Crippen molar-refractivity contribution in [2.75, 3.05) is 5.32 Å². The Kier molecular flexibility index (Phi) is 6.64. The van der Waals surface area contributed by atoms with Crippen molar-refractivity contribution in [1.29, 1.82) is 0 Å². The molecule has 0 spiro atoms. The van der Waals surface area contributed by atoms with E-state index >= 15 is 0 Å². The molecule has 1 fully saturated rings. The van der Waals surface area contributed by atoms with Gasteiger partial charge < -0.3 is 5.32 Å². The van der Waals surface area contributed by atoms with Crippen LogP contribution in [0.3, 0.4) is 0 Å². The van der Waals surface area contributed by atoms with Crippen molar-refractivity contribution in [3.8, 4) is 11.3 Å². The molecule has 0 saturated heterocycles. The van der Waals surface area contributed by atoms with E-state index in [1.165, 1.54) is 0 Å². The highest BCUT2D eigenvalue weighted by Gasteiger charge is 2.29. The number of anilines is 1. The summed E-state index contributed by atoms with van der Waals surface area (Å²) in [7, 11) is -3.28. The minimum atomic E-state index is -3.28. The average Bonchev–Trinajstić information content (AvgIpc) is 2.69. The van der Waals surface area contributed by atoms with Gasteiger partial charge in [0.25, 0.3) is 0 Å². The summed E-state index contributed by atoms with van der Waals surface area (Å²) in [6, 6.07) is 7.84. The van der Waals surface area contributed by atoms with Gasteiger partial charge in [-0.3, -0.25) is 9.78 Å². The normalized spacial score (nSPS) is 19.9. The van der Waals surface area contributed by atoms with Gasteiger partial charge in [0, 0.05) is 17.5 Å². The minimum absolute atomic E-state index is 0.0897. The maximum atomic E-state index is 12.6. The molecule has 0 atom stereocenters. The van der Waals surface area contributed by atoms with E-state index in [1.54, 1.807) is 26.2 Å². The lowest BCUT2D eigenvalue weighted by molar-refractivity contribution is -0.120. The zero-order chi connectivity index (χ0) is 21.0. The van der Waals surface area contributed by atoms with Crippen molar-refractivity contribution in [1.82, 2.24) is 14.7 Å². The number of carbonyl (C=O) groups is 1. The number of nitrogens with zero attached hydrogens (tertiary/aromatic N) is 2. The molecule has 1 aromatic carbocycles. The molecule has 2 N–H and O–H groups in total. The van der Waals surface area contributed by atoms with Crippen LogP contribution < -0.4 is 10.0 Å². The van der Waals surface area contributed by atoms with Crippen LogP contribution in [-0.4, -0.2) is 35.6 Å². The van der Waals surface area contributed by atoms with Crippen LogP contribution in [0.2, 0.25) is 0 Å². The molecule has 1 aliphatic carbocycles. The molecule has 8 heteroatoms. The monoisotopic (exact) mass is 416 g/mol. The summed E-state index contributed by atoms with van der Waals surface area (Å²) in [5.74, 6) is 0.190. The second-order valence-electron chi connectivity index (χ2n) is 7.85. The molecule has 1 amide bonds. The third-order valence-corrected chi connectivity index (χ3v) is 7.28. The lowest BCUT2D eigenvalue weighted by Gasteiger charge is -2.28. The summed E-state index contributed by atoms with van der Waals surface area (Å²) < 4.78 is 26.7. The maximum Gasteiger partial charge on any atom is 0.228 e.